The number of alkyl halides is 3. The van der Waals surface area contributed by atoms with E-state index in [4.69, 9.17) is 34.8 Å². The summed E-state index contributed by atoms with van der Waals surface area (Å²) >= 11 is 17.5. The van der Waals surface area contributed by atoms with Gasteiger partial charge < -0.3 is 0 Å². The fourth-order valence-corrected chi connectivity index (χ4v) is 3.87. The topological polar surface area (TPSA) is 37.4 Å². The van der Waals surface area contributed by atoms with Crippen molar-refractivity contribution in [3.05, 3.63) is 12.2 Å². The highest BCUT2D eigenvalue weighted by molar-refractivity contribution is 8.03. The van der Waals surface area contributed by atoms with Crippen molar-refractivity contribution in [2.75, 3.05) is 0 Å². The molecule has 0 spiro atoms. The Morgan fingerprint density at radius 2 is 1.67 bits per heavy atom. The Labute approximate surface area is 164 Å². The minimum Gasteiger partial charge on any atom is -0.273 e. The number of hydrogen-bond acceptors (Lipinski definition) is 3. The predicted octanol–water partition coefficient (Wildman–Crippen LogP) is 6.42. The molecule has 1 saturated heterocycles. The van der Waals surface area contributed by atoms with Crippen molar-refractivity contribution in [3.63, 3.8) is 0 Å². The van der Waals surface area contributed by atoms with Gasteiger partial charge in [0, 0.05) is 18.4 Å². The van der Waals surface area contributed by atoms with Crippen LogP contribution in [0.15, 0.2) is 12.2 Å². The lowest BCUT2D eigenvalue weighted by molar-refractivity contribution is -0.132. The highest BCUT2D eigenvalue weighted by Crippen LogP contribution is 2.43. The number of unbranched alkanes of at least 4 members (excludes halogenated alkanes) is 8. The fraction of sp³-hybridized carbons (Fsp3) is 0.765. The normalized spacial score (nSPS) is 19.0. The quantitative estimate of drug-likeness (QED) is 0.129. The summed E-state index contributed by atoms with van der Waals surface area (Å²) in [6.45, 7) is 2.23. The van der Waals surface area contributed by atoms with Crippen LogP contribution in [0.2, 0.25) is 0 Å². The van der Waals surface area contributed by atoms with Gasteiger partial charge in [-0.1, -0.05) is 98.8 Å². The lowest BCUT2D eigenvalue weighted by atomic mass is 10.0. The van der Waals surface area contributed by atoms with Crippen LogP contribution < -0.4 is 0 Å². The number of halogens is 3. The molecule has 7 heteroatoms. The van der Waals surface area contributed by atoms with E-state index in [1.807, 2.05) is 12.2 Å². The van der Waals surface area contributed by atoms with Crippen molar-refractivity contribution in [1.82, 2.24) is 4.31 Å². The molecular weight excluding hydrogens is 389 g/mol. The van der Waals surface area contributed by atoms with Crippen LogP contribution in [0.1, 0.15) is 71.1 Å². The molecule has 2 amide bonds. The highest BCUT2D eigenvalue weighted by Gasteiger charge is 2.41. The average molecular weight is 415 g/mol. The number of carbonyl (C=O) groups excluding carboxylic acids is 2. The molecule has 1 aliphatic heterocycles. The van der Waals surface area contributed by atoms with E-state index in [1.165, 1.54) is 44.9 Å². The first kappa shape index (κ1) is 22.1. The molecule has 1 aliphatic rings. The first-order valence-electron chi connectivity index (χ1n) is 8.64. The number of nitrogens with zero attached hydrogens (tertiary/aromatic N) is 1. The van der Waals surface area contributed by atoms with E-state index in [2.05, 4.69) is 6.92 Å². The number of amides is 2. The number of carbonyl (C=O) groups is 2. The maximum Gasteiger partial charge on any atom is 0.256 e. The van der Waals surface area contributed by atoms with Crippen LogP contribution in [-0.2, 0) is 9.59 Å². The Balaban J connectivity index is 2.19. The predicted molar refractivity (Wildman–Crippen MR) is 104 cm³/mol. The van der Waals surface area contributed by atoms with Gasteiger partial charge in [0.15, 0.2) is 0 Å². The molecule has 24 heavy (non-hydrogen) atoms. The summed E-state index contributed by atoms with van der Waals surface area (Å²) in [5, 5.41) is 0. The molecule has 0 aromatic carbocycles. The summed E-state index contributed by atoms with van der Waals surface area (Å²) < 4.78 is -0.737. The zero-order chi connectivity index (χ0) is 18.0. The Morgan fingerprint density at radius 3 is 2.25 bits per heavy atom. The molecule has 3 nitrogen and oxygen atoms in total. The Morgan fingerprint density at radius 1 is 1.08 bits per heavy atom. The van der Waals surface area contributed by atoms with E-state index in [0.29, 0.717) is 11.9 Å². The molecule has 0 aromatic rings. The second-order valence-corrected chi connectivity index (χ2v) is 10.2. The third-order valence-corrected chi connectivity index (χ3v) is 5.32. The summed E-state index contributed by atoms with van der Waals surface area (Å²) in [4.78, 5) is 24.0. The van der Waals surface area contributed by atoms with E-state index in [-0.39, 0.29) is 18.2 Å². The fourth-order valence-electron chi connectivity index (χ4n) is 2.64. The first-order chi connectivity index (χ1) is 11.3. The number of rotatable bonds is 11. The minimum absolute atomic E-state index is 0.153. The third kappa shape index (κ3) is 8.98. The van der Waals surface area contributed by atoms with Crippen molar-refractivity contribution >= 4 is 58.6 Å². The standard InChI is InChI=1S/C17H26Cl3NO2S/c1-2-3-4-5-6-7-8-9-10-11-12-14-13-15(22)21(16(14)23)24-17(18,19)20/h11-12,14H,2-10,13H2,1H3. The van der Waals surface area contributed by atoms with Crippen molar-refractivity contribution in [1.29, 1.82) is 0 Å². The SMILES string of the molecule is CCCCCCCCCCC=CC1CC(=O)N(SC(Cl)(Cl)Cl)C1=O. The maximum atomic E-state index is 12.1. The monoisotopic (exact) mass is 413 g/mol. The second-order valence-electron chi connectivity index (χ2n) is 6.07. The Bertz CT molecular complexity index is 438. The van der Waals surface area contributed by atoms with Crippen molar-refractivity contribution in [2.24, 2.45) is 5.92 Å². The van der Waals surface area contributed by atoms with Crippen LogP contribution in [-0.4, -0.2) is 19.2 Å². The smallest absolute Gasteiger partial charge is 0.256 e. The molecule has 1 rings (SSSR count). The van der Waals surface area contributed by atoms with Crippen LogP contribution in [0.5, 0.6) is 0 Å². The lowest BCUT2D eigenvalue weighted by Crippen LogP contribution is -2.26. The number of imide groups is 1. The van der Waals surface area contributed by atoms with Gasteiger partial charge in [0.25, 0.3) is 3.12 Å². The van der Waals surface area contributed by atoms with Gasteiger partial charge in [-0.3, -0.25) is 9.59 Å². The van der Waals surface area contributed by atoms with Gasteiger partial charge in [0.05, 0.1) is 5.92 Å². The van der Waals surface area contributed by atoms with E-state index in [0.717, 1.165) is 17.1 Å². The van der Waals surface area contributed by atoms with Gasteiger partial charge in [-0.15, -0.1) is 0 Å². The summed E-state index contributed by atoms with van der Waals surface area (Å²) in [5.41, 5.74) is 0. The molecule has 1 heterocycles. The van der Waals surface area contributed by atoms with E-state index in [1.54, 1.807) is 0 Å². The molecular formula is C17H26Cl3NO2S. The van der Waals surface area contributed by atoms with Gasteiger partial charge in [-0.05, 0) is 12.8 Å². The van der Waals surface area contributed by atoms with Crippen LogP contribution in [0, 0.1) is 5.92 Å². The summed E-state index contributed by atoms with van der Waals surface area (Å²) in [7, 11) is 0. The van der Waals surface area contributed by atoms with E-state index in [9.17, 15) is 9.59 Å². The molecule has 0 aromatic heterocycles. The highest BCUT2D eigenvalue weighted by atomic mass is 35.6. The summed E-state index contributed by atoms with van der Waals surface area (Å²) in [6, 6.07) is 0. The van der Waals surface area contributed by atoms with Crippen LogP contribution in [0.4, 0.5) is 0 Å². The van der Waals surface area contributed by atoms with Gasteiger partial charge in [0.2, 0.25) is 11.8 Å². The Kier molecular flexibility index (Phi) is 10.8. The maximum absolute atomic E-state index is 12.1. The summed E-state index contributed by atoms with van der Waals surface area (Å²) in [6.07, 6.45) is 15.1. The first-order valence-corrected chi connectivity index (χ1v) is 10.5. The molecule has 0 saturated carbocycles. The molecule has 1 fully saturated rings. The van der Waals surface area contributed by atoms with Crippen LogP contribution >= 0.6 is 46.8 Å². The van der Waals surface area contributed by atoms with Crippen molar-refractivity contribution in [2.45, 2.75) is 74.3 Å². The number of allylic oxidation sites excluding steroid dienone is 1. The van der Waals surface area contributed by atoms with Crippen molar-refractivity contribution < 1.29 is 9.59 Å². The lowest BCUT2D eigenvalue weighted by Gasteiger charge is -2.17. The average Bonchev–Trinajstić information content (AvgIpc) is 2.75. The molecule has 0 aliphatic carbocycles. The van der Waals surface area contributed by atoms with Crippen LogP contribution in [0.3, 0.4) is 0 Å². The van der Waals surface area contributed by atoms with E-state index >= 15 is 0 Å². The van der Waals surface area contributed by atoms with Gasteiger partial charge >= 0.3 is 0 Å². The van der Waals surface area contributed by atoms with Crippen LogP contribution in [0.25, 0.3) is 0 Å². The van der Waals surface area contributed by atoms with Crippen molar-refractivity contribution in [3.8, 4) is 0 Å². The van der Waals surface area contributed by atoms with Gasteiger partial charge in [-0.2, -0.15) is 0 Å². The molecule has 1 atom stereocenters. The minimum atomic E-state index is -1.71. The molecule has 1 unspecified atom stereocenters. The zero-order valence-electron chi connectivity index (χ0n) is 14.1. The van der Waals surface area contributed by atoms with Gasteiger partial charge in [-0.25, -0.2) is 4.31 Å². The second kappa shape index (κ2) is 11.7. The molecule has 138 valence electrons. The molecule has 0 bridgehead atoms. The van der Waals surface area contributed by atoms with E-state index < -0.39 is 9.04 Å². The third-order valence-electron chi connectivity index (χ3n) is 3.93. The summed E-state index contributed by atoms with van der Waals surface area (Å²) in [5.74, 6) is -1.03. The largest absolute Gasteiger partial charge is 0.273 e. The van der Waals surface area contributed by atoms with Gasteiger partial charge in [0.1, 0.15) is 0 Å². The number of hydrogen-bond donors (Lipinski definition) is 0. The molecule has 0 radical (unpaired) electrons. The molecule has 0 N–H and O–H groups in total. The zero-order valence-corrected chi connectivity index (χ0v) is 17.2. The Hall–Kier alpha value is 0.1000.